The number of nitrogens with one attached hydrogen (secondary N) is 1. The van der Waals surface area contributed by atoms with E-state index in [2.05, 4.69) is 27.4 Å². The maximum Gasteiger partial charge on any atom is 0.224 e. The number of aromatic nitrogens is 3. The van der Waals surface area contributed by atoms with Gasteiger partial charge in [0.25, 0.3) is 0 Å². The normalized spacial score (nSPS) is 10.3. The second kappa shape index (κ2) is 8.24. The Morgan fingerprint density at radius 3 is 2.75 bits per heavy atom. The van der Waals surface area contributed by atoms with Crippen molar-refractivity contribution in [3.05, 3.63) is 53.0 Å². The summed E-state index contributed by atoms with van der Waals surface area (Å²) < 4.78 is 6.95. The van der Waals surface area contributed by atoms with Gasteiger partial charge < -0.3 is 10.1 Å². The van der Waals surface area contributed by atoms with Crippen LogP contribution < -0.4 is 10.1 Å². The summed E-state index contributed by atoms with van der Waals surface area (Å²) in [6, 6.07) is 9.12. The first kappa shape index (κ1) is 18.9. The first-order chi connectivity index (χ1) is 13.5. The number of nitriles is 1. The molecular weight excluding hydrogens is 354 g/mol. The first-order valence-electron chi connectivity index (χ1n) is 8.73. The number of anilines is 1. The van der Waals surface area contributed by atoms with Gasteiger partial charge >= 0.3 is 0 Å². The van der Waals surface area contributed by atoms with Crippen LogP contribution in [0.15, 0.2) is 30.5 Å². The minimum absolute atomic E-state index is 0.102. The molecule has 0 fully saturated rings. The molecule has 0 saturated carbocycles. The molecule has 1 amide bonds. The molecular formula is C21H19N5O2. The van der Waals surface area contributed by atoms with Gasteiger partial charge in [0.1, 0.15) is 24.0 Å². The molecule has 0 bridgehead atoms. The van der Waals surface area contributed by atoms with E-state index >= 15 is 0 Å². The number of hydrogen-bond donors (Lipinski definition) is 1. The fraction of sp³-hybridized carbons (Fsp3) is 0.238. The highest BCUT2D eigenvalue weighted by Crippen LogP contribution is 2.19. The van der Waals surface area contributed by atoms with E-state index in [-0.39, 0.29) is 12.5 Å². The number of rotatable bonds is 6. The predicted octanol–water partition coefficient (Wildman–Crippen LogP) is 2.80. The SMILES string of the molecule is C#CCOc1ccc(NC(=O)CCc2c(C)nc3c(C#N)cnn3c2C)cc1. The Balaban J connectivity index is 1.66. The number of carbonyl (C=O) groups excluding carboxylic acids is 1. The smallest absolute Gasteiger partial charge is 0.224 e. The molecule has 0 radical (unpaired) electrons. The average Bonchev–Trinajstić information content (AvgIpc) is 3.10. The van der Waals surface area contributed by atoms with E-state index in [9.17, 15) is 4.79 Å². The second-order valence-electron chi connectivity index (χ2n) is 6.23. The molecule has 0 aliphatic heterocycles. The number of nitrogens with zero attached hydrogens (tertiary/aromatic N) is 4. The van der Waals surface area contributed by atoms with Gasteiger partial charge in [-0.2, -0.15) is 10.4 Å². The molecule has 2 aromatic heterocycles. The van der Waals surface area contributed by atoms with Crippen LogP contribution >= 0.6 is 0 Å². The molecule has 3 rings (SSSR count). The summed E-state index contributed by atoms with van der Waals surface area (Å²) >= 11 is 0. The van der Waals surface area contributed by atoms with Crippen molar-refractivity contribution in [1.29, 1.82) is 5.26 Å². The Morgan fingerprint density at radius 1 is 1.32 bits per heavy atom. The van der Waals surface area contributed by atoms with Crippen LogP contribution in [-0.4, -0.2) is 27.1 Å². The summed E-state index contributed by atoms with van der Waals surface area (Å²) in [6.07, 6.45) is 7.49. The second-order valence-corrected chi connectivity index (χ2v) is 6.23. The van der Waals surface area contributed by atoms with E-state index in [1.165, 1.54) is 6.20 Å². The highest BCUT2D eigenvalue weighted by molar-refractivity contribution is 5.90. The zero-order valence-electron chi connectivity index (χ0n) is 15.7. The van der Waals surface area contributed by atoms with Gasteiger partial charge in [-0.1, -0.05) is 5.92 Å². The van der Waals surface area contributed by atoms with Gasteiger partial charge in [0.05, 0.1) is 6.20 Å². The van der Waals surface area contributed by atoms with Crippen LogP contribution in [0.4, 0.5) is 5.69 Å². The van der Waals surface area contributed by atoms with Crippen molar-refractivity contribution < 1.29 is 9.53 Å². The number of hydrogen-bond acceptors (Lipinski definition) is 5. The molecule has 0 aliphatic carbocycles. The lowest BCUT2D eigenvalue weighted by Gasteiger charge is -2.11. The Hall–Kier alpha value is -3.84. The summed E-state index contributed by atoms with van der Waals surface area (Å²) in [7, 11) is 0. The molecule has 7 heteroatoms. The average molecular weight is 373 g/mol. The molecule has 0 unspecified atom stereocenters. The van der Waals surface area contributed by atoms with Gasteiger partial charge in [-0.3, -0.25) is 4.79 Å². The fourth-order valence-electron chi connectivity index (χ4n) is 2.97. The van der Waals surface area contributed by atoms with E-state index in [0.29, 0.717) is 35.5 Å². The summed E-state index contributed by atoms with van der Waals surface area (Å²) in [4.78, 5) is 16.8. The topological polar surface area (TPSA) is 92.3 Å². The number of terminal acetylenes is 1. The van der Waals surface area contributed by atoms with Gasteiger partial charge in [-0.15, -0.1) is 6.42 Å². The van der Waals surface area contributed by atoms with Crippen molar-refractivity contribution in [3.63, 3.8) is 0 Å². The maximum absolute atomic E-state index is 12.3. The van der Waals surface area contributed by atoms with Crippen LogP contribution in [0, 0.1) is 37.5 Å². The highest BCUT2D eigenvalue weighted by atomic mass is 16.5. The molecule has 0 spiro atoms. The van der Waals surface area contributed by atoms with E-state index in [0.717, 1.165) is 17.0 Å². The maximum atomic E-state index is 12.3. The van der Waals surface area contributed by atoms with E-state index in [4.69, 9.17) is 16.4 Å². The third kappa shape index (κ3) is 3.94. The van der Waals surface area contributed by atoms with Crippen molar-refractivity contribution in [3.8, 4) is 24.2 Å². The van der Waals surface area contributed by atoms with Crippen LogP contribution in [0.3, 0.4) is 0 Å². The number of carbonyl (C=O) groups is 1. The Labute approximate surface area is 163 Å². The van der Waals surface area contributed by atoms with Crippen LogP contribution in [0.2, 0.25) is 0 Å². The standard InChI is InChI=1S/C21H19N5O2/c1-4-11-28-18-7-5-17(6-8-18)25-20(27)10-9-19-14(2)24-21-16(12-22)13-23-26(21)15(19)3/h1,5-8,13H,9-11H2,2-3H3,(H,25,27). The quantitative estimate of drug-likeness (QED) is 0.671. The lowest BCUT2D eigenvalue weighted by atomic mass is 10.1. The Morgan fingerprint density at radius 2 is 2.07 bits per heavy atom. The Bertz CT molecular complexity index is 1100. The molecule has 2 heterocycles. The van der Waals surface area contributed by atoms with Crippen molar-refractivity contribution in [2.45, 2.75) is 26.7 Å². The minimum atomic E-state index is -0.102. The van der Waals surface area contributed by atoms with E-state index in [1.54, 1.807) is 28.8 Å². The lowest BCUT2D eigenvalue weighted by molar-refractivity contribution is -0.116. The van der Waals surface area contributed by atoms with Crippen LogP contribution in [0.25, 0.3) is 5.65 Å². The molecule has 7 nitrogen and oxygen atoms in total. The number of ether oxygens (including phenoxy) is 1. The summed E-state index contributed by atoms with van der Waals surface area (Å²) in [5.74, 6) is 2.95. The monoisotopic (exact) mass is 373 g/mol. The van der Waals surface area contributed by atoms with Crippen molar-refractivity contribution in [2.24, 2.45) is 0 Å². The molecule has 0 saturated heterocycles. The predicted molar refractivity (Wildman–Crippen MR) is 105 cm³/mol. The zero-order valence-corrected chi connectivity index (χ0v) is 15.7. The zero-order chi connectivity index (χ0) is 20.1. The summed E-state index contributed by atoms with van der Waals surface area (Å²) in [6.45, 7) is 4.00. The molecule has 0 atom stereocenters. The minimum Gasteiger partial charge on any atom is -0.481 e. The largest absolute Gasteiger partial charge is 0.481 e. The third-order valence-corrected chi connectivity index (χ3v) is 4.39. The van der Waals surface area contributed by atoms with Crippen molar-refractivity contribution >= 4 is 17.2 Å². The van der Waals surface area contributed by atoms with E-state index < -0.39 is 0 Å². The van der Waals surface area contributed by atoms with Gasteiger partial charge in [0, 0.05) is 23.5 Å². The fourth-order valence-corrected chi connectivity index (χ4v) is 2.97. The van der Waals surface area contributed by atoms with Crippen molar-refractivity contribution in [2.75, 3.05) is 11.9 Å². The summed E-state index contributed by atoms with van der Waals surface area (Å²) in [5, 5.41) is 16.2. The first-order valence-corrected chi connectivity index (χ1v) is 8.73. The van der Waals surface area contributed by atoms with Crippen LogP contribution in [-0.2, 0) is 11.2 Å². The Kier molecular flexibility index (Phi) is 5.57. The lowest BCUT2D eigenvalue weighted by Crippen LogP contribution is -2.14. The van der Waals surface area contributed by atoms with Gasteiger partial charge in [-0.05, 0) is 50.1 Å². The molecule has 28 heavy (non-hydrogen) atoms. The number of benzene rings is 1. The number of fused-ring (bicyclic) bond motifs is 1. The third-order valence-electron chi connectivity index (χ3n) is 4.39. The summed E-state index contributed by atoms with van der Waals surface area (Å²) in [5.41, 5.74) is 4.29. The molecule has 0 aliphatic rings. The molecule has 140 valence electrons. The highest BCUT2D eigenvalue weighted by Gasteiger charge is 2.14. The molecule has 1 N–H and O–H groups in total. The molecule has 1 aromatic carbocycles. The van der Waals surface area contributed by atoms with Crippen molar-refractivity contribution in [1.82, 2.24) is 14.6 Å². The number of amides is 1. The number of aryl methyl sites for hydroxylation is 2. The van der Waals surface area contributed by atoms with Crippen LogP contribution in [0.1, 0.15) is 28.9 Å². The van der Waals surface area contributed by atoms with Gasteiger partial charge in [0.2, 0.25) is 5.91 Å². The van der Waals surface area contributed by atoms with Gasteiger partial charge in [-0.25, -0.2) is 9.50 Å². The van der Waals surface area contributed by atoms with Gasteiger partial charge in [0.15, 0.2) is 5.65 Å². The molecule has 3 aromatic rings. The van der Waals surface area contributed by atoms with Crippen LogP contribution in [0.5, 0.6) is 5.75 Å². The van der Waals surface area contributed by atoms with E-state index in [1.807, 2.05) is 13.8 Å².